The van der Waals surface area contributed by atoms with Crippen LogP contribution < -0.4 is 11.1 Å². The highest BCUT2D eigenvalue weighted by Gasteiger charge is 2.20. The minimum atomic E-state index is -0.404. The fraction of sp³-hybridized carbons (Fsp3) is 0.231. The van der Waals surface area contributed by atoms with E-state index in [0.717, 1.165) is 0 Å². The van der Waals surface area contributed by atoms with Gasteiger partial charge in [0.25, 0.3) is 5.91 Å². The zero-order valence-electron chi connectivity index (χ0n) is 11.6. The molecule has 3 N–H and O–H groups in total. The van der Waals surface area contributed by atoms with E-state index in [2.05, 4.69) is 20.4 Å². The molecule has 0 aromatic carbocycles. The molecule has 1 amide bonds. The van der Waals surface area contributed by atoms with Gasteiger partial charge in [-0.1, -0.05) is 0 Å². The van der Waals surface area contributed by atoms with Gasteiger partial charge in [0.05, 0.1) is 6.26 Å². The summed E-state index contributed by atoms with van der Waals surface area (Å²) < 4.78 is 6.74. The van der Waals surface area contributed by atoms with Gasteiger partial charge >= 0.3 is 0 Å². The summed E-state index contributed by atoms with van der Waals surface area (Å²) in [5, 5.41) is 7.56. The summed E-state index contributed by atoms with van der Waals surface area (Å²) in [5.74, 6) is 0.371. The molecule has 21 heavy (non-hydrogen) atoms. The SMILES string of the molecule is CC(C)n1nc(NC(=O)c2ccco2)c2c(N)ncnc21. The minimum absolute atomic E-state index is 0.0658. The highest BCUT2D eigenvalue weighted by molar-refractivity contribution is 6.08. The van der Waals surface area contributed by atoms with Crippen molar-refractivity contribution in [1.29, 1.82) is 0 Å². The standard InChI is InChI=1S/C13H14N6O2/c1-7(2)19-12-9(10(14)15-6-16-12)11(18-19)17-13(20)8-4-3-5-21-8/h3-7H,1-2H3,(H2,14,15,16)(H,17,18,20). The van der Waals surface area contributed by atoms with Crippen LogP contribution in [0.25, 0.3) is 11.0 Å². The predicted molar refractivity (Wildman–Crippen MR) is 76.8 cm³/mol. The van der Waals surface area contributed by atoms with Crippen LogP contribution in [-0.2, 0) is 0 Å². The van der Waals surface area contributed by atoms with E-state index in [0.29, 0.717) is 16.9 Å². The number of nitrogen functional groups attached to an aromatic ring is 1. The third-order valence-corrected chi connectivity index (χ3v) is 2.98. The number of carbonyl (C=O) groups excluding carboxylic acids is 1. The Morgan fingerprint density at radius 3 is 2.90 bits per heavy atom. The Balaban J connectivity index is 2.08. The van der Waals surface area contributed by atoms with Gasteiger partial charge in [-0.2, -0.15) is 5.10 Å². The normalized spacial score (nSPS) is 11.2. The molecule has 0 fully saturated rings. The fourth-order valence-electron chi connectivity index (χ4n) is 2.02. The van der Waals surface area contributed by atoms with Crippen molar-refractivity contribution in [1.82, 2.24) is 19.7 Å². The first-order valence-electron chi connectivity index (χ1n) is 6.41. The Morgan fingerprint density at radius 1 is 1.43 bits per heavy atom. The summed E-state index contributed by atoms with van der Waals surface area (Å²) in [7, 11) is 0. The first-order valence-corrected chi connectivity index (χ1v) is 6.41. The number of hydrogen-bond donors (Lipinski definition) is 2. The van der Waals surface area contributed by atoms with E-state index in [9.17, 15) is 4.79 Å². The predicted octanol–water partition coefficient (Wildman–Crippen LogP) is 1.83. The van der Waals surface area contributed by atoms with Gasteiger partial charge in [-0.15, -0.1) is 0 Å². The zero-order valence-corrected chi connectivity index (χ0v) is 11.6. The molecule has 0 saturated carbocycles. The number of carbonyl (C=O) groups is 1. The molecule has 3 aromatic rings. The molecular weight excluding hydrogens is 272 g/mol. The van der Waals surface area contributed by atoms with E-state index in [-0.39, 0.29) is 17.6 Å². The topological polar surface area (TPSA) is 112 Å². The molecule has 3 aromatic heterocycles. The molecule has 0 aliphatic carbocycles. The second-order valence-electron chi connectivity index (χ2n) is 4.78. The smallest absolute Gasteiger partial charge is 0.292 e. The van der Waals surface area contributed by atoms with Crippen molar-refractivity contribution < 1.29 is 9.21 Å². The fourth-order valence-corrected chi connectivity index (χ4v) is 2.02. The van der Waals surface area contributed by atoms with Crippen LogP contribution in [-0.4, -0.2) is 25.7 Å². The Morgan fingerprint density at radius 2 is 2.24 bits per heavy atom. The lowest BCUT2D eigenvalue weighted by Crippen LogP contribution is -2.12. The van der Waals surface area contributed by atoms with Gasteiger partial charge in [-0.3, -0.25) is 4.79 Å². The molecule has 108 valence electrons. The van der Waals surface area contributed by atoms with Gasteiger partial charge in [0.15, 0.2) is 17.2 Å². The van der Waals surface area contributed by atoms with Crippen molar-refractivity contribution in [3.8, 4) is 0 Å². The van der Waals surface area contributed by atoms with E-state index in [1.54, 1.807) is 16.8 Å². The third-order valence-electron chi connectivity index (χ3n) is 2.98. The van der Waals surface area contributed by atoms with Crippen LogP contribution in [0.2, 0.25) is 0 Å². The Labute approximate surface area is 120 Å². The molecule has 8 heteroatoms. The highest BCUT2D eigenvalue weighted by Crippen LogP contribution is 2.27. The number of hydrogen-bond acceptors (Lipinski definition) is 6. The molecule has 0 aliphatic rings. The van der Waals surface area contributed by atoms with E-state index in [4.69, 9.17) is 10.2 Å². The van der Waals surface area contributed by atoms with E-state index >= 15 is 0 Å². The van der Waals surface area contributed by atoms with E-state index in [1.807, 2.05) is 13.8 Å². The summed E-state index contributed by atoms with van der Waals surface area (Å²) in [6, 6.07) is 3.27. The average Bonchev–Trinajstić information content (AvgIpc) is 3.07. The first kappa shape index (κ1) is 13.1. The van der Waals surface area contributed by atoms with Gasteiger partial charge in [-0.05, 0) is 26.0 Å². The van der Waals surface area contributed by atoms with Crippen molar-refractivity contribution in [3.05, 3.63) is 30.5 Å². The highest BCUT2D eigenvalue weighted by atomic mass is 16.3. The lowest BCUT2D eigenvalue weighted by atomic mass is 10.3. The number of nitrogens with two attached hydrogens (primary N) is 1. The molecule has 0 radical (unpaired) electrons. The number of aromatic nitrogens is 4. The molecular formula is C13H14N6O2. The monoisotopic (exact) mass is 286 g/mol. The Hall–Kier alpha value is -2.90. The number of nitrogens with one attached hydrogen (secondary N) is 1. The third kappa shape index (κ3) is 2.20. The van der Waals surface area contributed by atoms with Crippen LogP contribution in [0.4, 0.5) is 11.6 Å². The van der Waals surface area contributed by atoms with Crippen LogP contribution in [0.15, 0.2) is 29.1 Å². The summed E-state index contributed by atoms with van der Waals surface area (Å²) in [4.78, 5) is 20.2. The largest absolute Gasteiger partial charge is 0.459 e. The molecule has 8 nitrogen and oxygen atoms in total. The molecule has 3 heterocycles. The Bertz CT molecular complexity index is 790. The number of rotatable bonds is 3. The molecule has 0 saturated heterocycles. The molecule has 3 rings (SSSR count). The van der Waals surface area contributed by atoms with Crippen molar-refractivity contribution in [3.63, 3.8) is 0 Å². The number of amides is 1. The number of fused-ring (bicyclic) bond motifs is 1. The number of anilines is 2. The van der Waals surface area contributed by atoms with Gasteiger partial charge in [0, 0.05) is 6.04 Å². The maximum absolute atomic E-state index is 12.1. The Kier molecular flexibility index (Phi) is 3.05. The average molecular weight is 286 g/mol. The lowest BCUT2D eigenvalue weighted by molar-refractivity contribution is 0.0996. The molecule has 0 atom stereocenters. The summed E-state index contributed by atoms with van der Waals surface area (Å²) >= 11 is 0. The van der Waals surface area contributed by atoms with Crippen LogP contribution >= 0.6 is 0 Å². The van der Waals surface area contributed by atoms with Gasteiger partial charge < -0.3 is 15.5 Å². The first-order chi connectivity index (χ1) is 10.1. The minimum Gasteiger partial charge on any atom is -0.459 e. The van der Waals surface area contributed by atoms with E-state index < -0.39 is 5.91 Å². The summed E-state index contributed by atoms with van der Waals surface area (Å²) in [6.45, 7) is 3.92. The number of furan rings is 1. The zero-order chi connectivity index (χ0) is 15.0. The molecule has 0 unspecified atom stereocenters. The van der Waals surface area contributed by atoms with Gasteiger partial charge in [0.1, 0.15) is 17.5 Å². The van der Waals surface area contributed by atoms with Crippen LogP contribution in [0.1, 0.15) is 30.4 Å². The van der Waals surface area contributed by atoms with Crippen molar-refractivity contribution in [2.45, 2.75) is 19.9 Å². The summed E-state index contributed by atoms with van der Waals surface area (Å²) in [6.07, 6.45) is 2.80. The van der Waals surface area contributed by atoms with Crippen LogP contribution in [0.5, 0.6) is 0 Å². The van der Waals surface area contributed by atoms with Crippen molar-refractivity contribution in [2.75, 3.05) is 11.1 Å². The molecule has 0 bridgehead atoms. The maximum atomic E-state index is 12.1. The van der Waals surface area contributed by atoms with E-state index in [1.165, 1.54) is 12.6 Å². The quantitative estimate of drug-likeness (QED) is 0.759. The second-order valence-corrected chi connectivity index (χ2v) is 4.78. The molecule has 0 aliphatic heterocycles. The maximum Gasteiger partial charge on any atom is 0.292 e. The van der Waals surface area contributed by atoms with Gasteiger partial charge in [0.2, 0.25) is 0 Å². The van der Waals surface area contributed by atoms with Crippen LogP contribution in [0.3, 0.4) is 0 Å². The lowest BCUT2D eigenvalue weighted by Gasteiger charge is -2.05. The van der Waals surface area contributed by atoms with Crippen molar-refractivity contribution >= 4 is 28.6 Å². The van der Waals surface area contributed by atoms with Gasteiger partial charge in [-0.25, -0.2) is 14.6 Å². The number of nitrogens with zero attached hydrogens (tertiary/aromatic N) is 4. The molecule has 0 spiro atoms. The van der Waals surface area contributed by atoms with Crippen LogP contribution in [0, 0.1) is 0 Å². The van der Waals surface area contributed by atoms with Crippen molar-refractivity contribution in [2.24, 2.45) is 0 Å². The summed E-state index contributed by atoms with van der Waals surface area (Å²) in [5.41, 5.74) is 6.46. The second kappa shape index (κ2) is 4.89.